The summed E-state index contributed by atoms with van der Waals surface area (Å²) in [4.78, 5) is 42.4. The Morgan fingerprint density at radius 3 is 2.44 bits per heavy atom. The van der Waals surface area contributed by atoms with Crippen LogP contribution in [0.2, 0.25) is 0 Å². The second-order valence-corrected chi connectivity index (χ2v) is 8.77. The maximum atomic E-state index is 12.8. The standard InChI is InChI=1S/C22H31N5O4S/c1-3-4-5-6-13-27-14(2)18(21(31)25-12-11-17(28)29)32-22(27)26-20(30)16-9-7-15(8-10-16)19(23)24/h7-10,14,18H,3-6,11-13H2,1-2H3,(H3,23,24)(H,25,31)(H,28,29). The fourth-order valence-corrected chi connectivity index (χ4v) is 4.62. The van der Waals surface area contributed by atoms with Crippen LogP contribution in [-0.2, 0) is 9.59 Å². The highest BCUT2D eigenvalue weighted by Crippen LogP contribution is 2.32. The van der Waals surface area contributed by atoms with E-state index >= 15 is 0 Å². The summed E-state index contributed by atoms with van der Waals surface area (Å²) >= 11 is 1.23. The zero-order chi connectivity index (χ0) is 23.7. The first-order chi connectivity index (χ1) is 15.2. The molecule has 1 aromatic carbocycles. The first-order valence-electron chi connectivity index (χ1n) is 10.7. The molecule has 0 aromatic heterocycles. The summed E-state index contributed by atoms with van der Waals surface area (Å²) in [6.07, 6.45) is 4.05. The summed E-state index contributed by atoms with van der Waals surface area (Å²) in [6.45, 7) is 4.79. The molecular formula is C22H31N5O4S. The van der Waals surface area contributed by atoms with Crippen molar-refractivity contribution in [1.82, 2.24) is 10.2 Å². The fraction of sp³-hybridized carbons (Fsp3) is 0.500. The molecule has 9 nitrogen and oxygen atoms in total. The average molecular weight is 462 g/mol. The zero-order valence-corrected chi connectivity index (χ0v) is 19.3. The summed E-state index contributed by atoms with van der Waals surface area (Å²) < 4.78 is 0. The van der Waals surface area contributed by atoms with Crippen molar-refractivity contribution in [2.45, 2.75) is 57.2 Å². The van der Waals surface area contributed by atoms with Gasteiger partial charge < -0.3 is 21.1 Å². The minimum absolute atomic E-state index is 0.0579. The first-order valence-corrected chi connectivity index (χ1v) is 11.6. The fourth-order valence-electron chi connectivity index (χ4n) is 3.33. The zero-order valence-electron chi connectivity index (χ0n) is 18.5. The van der Waals surface area contributed by atoms with Gasteiger partial charge in [-0.3, -0.25) is 19.8 Å². The molecule has 1 aliphatic rings. The van der Waals surface area contributed by atoms with E-state index in [4.69, 9.17) is 16.2 Å². The van der Waals surface area contributed by atoms with Crippen LogP contribution >= 0.6 is 11.8 Å². The Labute approximate surface area is 192 Å². The third kappa shape index (κ3) is 7.08. The van der Waals surface area contributed by atoms with Gasteiger partial charge in [0, 0.05) is 30.3 Å². The van der Waals surface area contributed by atoms with Gasteiger partial charge in [0.1, 0.15) is 11.1 Å². The molecule has 2 atom stereocenters. The number of thioether (sulfide) groups is 1. The summed E-state index contributed by atoms with van der Waals surface area (Å²) in [5, 5.41) is 18.9. The number of nitrogens with zero attached hydrogens (tertiary/aromatic N) is 2. The van der Waals surface area contributed by atoms with Gasteiger partial charge in [-0.1, -0.05) is 50.1 Å². The molecule has 2 amide bonds. The summed E-state index contributed by atoms with van der Waals surface area (Å²) in [5.41, 5.74) is 6.35. The van der Waals surface area contributed by atoms with Crippen LogP contribution in [0.1, 0.15) is 61.9 Å². The number of carbonyl (C=O) groups excluding carboxylic acids is 2. The van der Waals surface area contributed by atoms with E-state index in [-0.39, 0.29) is 30.8 Å². The third-order valence-corrected chi connectivity index (χ3v) is 6.60. The lowest BCUT2D eigenvalue weighted by Gasteiger charge is -2.25. The topological polar surface area (TPSA) is 149 Å². The third-order valence-electron chi connectivity index (χ3n) is 5.20. The van der Waals surface area contributed by atoms with Crippen molar-refractivity contribution in [2.75, 3.05) is 13.1 Å². The predicted molar refractivity (Wildman–Crippen MR) is 126 cm³/mol. The van der Waals surface area contributed by atoms with E-state index in [1.165, 1.54) is 11.8 Å². The maximum Gasteiger partial charge on any atom is 0.305 e. The van der Waals surface area contributed by atoms with E-state index < -0.39 is 17.1 Å². The Morgan fingerprint density at radius 1 is 1.19 bits per heavy atom. The molecule has 1 aromatic rings. The van der Waals surface area contributed by atoms with Gasteiger partial charge in [-0.05, 0) is 25.5 Å². The Balaban J connectivity index is 2.17. The number of nitrogens with one attached hydrogen (secondary N) is 2. The molecule has 0 spiro atoms. The highest BCUT2D eigenvalue weighted by atomic mass is 32.2. The number of amides is 2. The molecule has 1 aliphatic heterocycles. The number of carboxylic acid groups (broad SMARTS) is 1. The summed E-state index contributed by atoms with van der Waals surface area (Å²) in [5.74, 6) is -1.74. The van der Waals surface area contributed by atoms with Crippen molar-refractivity contribution in [3.05, 3.63) is 35.4 Å². The Bertz CT molecular complexity index is 872. The van der Waals surface area contributed by atoms with Gasteiger partial charge in [0.05, 0.1) is 6.42 Å². The van der Waals surface area contributed by atoms with Crippen LogP contribution in [0, 0.1) is 5.41 Å². The number of amidine groups is 2. The first kappa shape index (κ1) is 25.4. The Morgan fingerprint density at radius 2 is 1.84 bits per heavy atom. The van der Waals surface area contributed by atoms with Crippen molar-refractivity contribution in [3.63, 3.8) is 0 Å². The second kappa shape index (κ2) is 12.2. The van der Waals surface area contributed by atoms with E-state index in [0.717, 1.165) is 25.7 Å². The molecule has 2 rings (SSSR count). The molecule has 5 N–H and O–H groups in total. The quantitative estimate of drug-likeness (QED) is 0.225. The molecule has 1 fully saturated rings. The monoisotopic (exact) mass is 461 g/mol. The molecule has 0 bridgehead atoms. The van der Waals surface area contributed by atoms with Gasteiger partial charge in [0.2, 0.25) is 5.91 Å². The van der Waals surface area contributed by atoms with Crippen LogP contribution in [0.4, 0.5) is 0 Å². The number of benzene rings is 1. The number of nitrogens with two attached hydrogens (primary N) is 1. The largest absolute Gasteiger partial charge is 0.481 e. The smallest absolute Gasteiger partial charge is 0.305 e. The van der Waals surface area contributed by atoms with E-state index in [0.29, 0.717) is 22.8 Å². The lowest BCUT2D eigenvalue weighted by molar-refractivity contribution is -0.136. The van der Waals surface area contributed by atoms with Crippen LogP contribution in [0.15, 0.2) is 29.3 Å². The number of nitrogen functional groups attached to an aromatic ring is 1. The second-order valence-electron chi connectivity index (χ2n) is 7.66. The lowest BCUT2D eigenvalue weighted by atomic mass is 10.1. The van der Waals surface area contributed by atoms with Gasteiger partial charge >= 0.3 is 5.97 Å². The number of carbonyl (C=O) groups is 3. The molecule has 0 saturated carbocycles. The minimum Gasteiger partial charge on any atom is -0.481 e. The summed E-state index contributed by atoms with van der Waals surface area (Å²) in [6, 6.07) is 6.17. The minimum atomic E-state index is -0.974. The van der Waals surface area contributed by atoms with Crippen molar-refractivity contribution in [2.24, 2.45) is 10.7 Å². The summed E-state index contributed by atoms with van der Waals surface area (Å²) in [7, 11) is 0. The number of unbranched alkanes of at least 4 members (excludes halogenated alkanes) is 3. The van der Waals surface area contributed by atoms with Gasteiger partial charge in [0.25, 0.3) is 5.91 Å². The molecule has 0 aliphatic carbocycles. The van der Waals surface area contributed by atoms with Crippen LogP contribution in [0.3, 0.4) is 0 Å². The molecule has 174 valence electrons. The van der Waals surface area contributed by atoms with Gasteiger partial charge in [-0.15, -0.1) is 0 Å². The molecule has 0 radical (unpaired) electrons. The number of hydrogen-bond acceptors (Lipinski definition) is 5. The molecular weight excluding hydrogens is 430 g/mol. The molecule has 1 heterocycles. The lowest BCUT2D eigenvalue weighted by Crippen LogP contribution is -2.43. The maximum absolute atomic E-state index is 12.8. The van der Waals surface area contributed by atoms with Gasteiger partial charge in [-0.25, -0.2) is 0 Å². The van der Waals surface area contributed by atoms with Crippen molar-refractivity contribution in [1.29, 1.82) is 5.41 Å². The van der Waals surface area contributed by atoms with Crippen molar-refractivity contribution in [3.8, 4) is 0 Å². The highest BCUT2D eigenvalue weighted by molar-refractivity contribution is 8.15. The van der Waals surface area contributed by atoms with Crippen LogP contribution in [-0.4, -0.2) is 63.2 Å². The molecule has 32 heavy (non-hydrogen) atoms. The van der Waals surface area contributed by atoms with Gasteiger partial charge in [0.15, 0.2) is 5.17 Å². The van der Waals surface area contributed by atoms with Crippen molar-refractivity contribution >= 4 is 40.5 Å². The molecule has 10 heteroatoms. The normalized spacial score (nSPS) is 19.2. The van der Waals surface area contributed by atoms with Crippen LogP contribution in [0.25, 0.3) is 0 Å². The Kier molecular flexibility index (Phi) is 9.70. The Hall–Kier alpha value is -2.88. The molecule has 2 unspecified atom stereocenters. The van der Waals surface area contributed by atoms with Crippen molar-refractivity contribution < 1.29 is 19.5 Å². The number of aliphatic carboxylic acids is 1. The predicted octanol–water partition coefficient (Wildman–Crippen LogP) is 2.44. The van der Waals surface area contributed by atoms with Gasteiger partial charge in [-0.2, -0.15) is 4.99 Å². The van der Waals surface area contributed by atoms with Crippen LogP contribution < -0.4 is 11.1 Å². The van der Waals surface area contributed by atoms with E-state index in [1.54, 1.807) is 24.3 Å². The van der Waals surface area contributed by atoms with Crippen LogP contribution in [0.5, 0.6) is 0 Å². The van der Waals surface area contributed by atoms with E-state index in [9.17, 15) is 14.4 Å². The average Bonchev–Trinajstić information content (AvgIpc) is 3.06. The van der Waals surface area contributed by atoms with E-state index in [1.807, 2.05) is 11.8 Å². The molecule has 1 saturated heterocycles. The number of carboxylic acids is 1. The number of aliphatic imine (C=N–C) groups is 1. The SMILES string of the molecule is CCCCCCN1C(=NC(=O)c2ccc(C(=N)N)cc2)SC(C(=O)NCCC(=O)O)C1C. The highest BCUT2D eigenvalue weighted by Gasteiger charge is 2.40. The number of rotatable bonds is 11. The number of hydrogen-bond donors (Lipinski definition) is 4. The van der Waals surface area contributed by atoms with E-state index in [2.05, 4.69) is 17.2 Å².